The molecule has 2 aromatic carbocycles. The molecule has 0 radical (unpaired) electrons. The normalized spacial score (nSPS) is 14.2. The molecule has 0 amide bonds. The van der Waals surface area contributed by atoms with E-state index in [1.54, 1.807) is 23.9 Å². The van der Waals surface area contributed by atoms with Gasteiger partial charge in [0.1, 0.15) is 11.2 Å². The van der Waals surface area contributed by atoms with Gasteiger partial charge in [-0.3, -0.25) is 4.79 Å². The molecular weight excluding hydrogens is 404 g/mol. The highest BCUT2D eigenvalue weighted by atomic mass is 32.1. The van der Waals surface area contributed by atoms with Gasteiger partial charge in [-0.1, -0.05) is 24.3 Å². The monoisotopic (exact) mass is 426 g/mol. The third-order valence-electron chi connectivity index (χ3n) is 6.30. The number of hydrogen-bond donors (Lipinski definition) is 0. The third-order valence-corrected chi connectivity index (χ3v) is 7.50. The van der Waals surface area contributed by atoms with Crippen molar-refractivity contribution in [1.29, 1.82) is 0 Å². The van der Waals surface area contributed by atoms with E-state index in [1.165, 1.54) is 43.3 Å². The summed E-state index contributed by atoms with van der Waals surface area (Å²) in [5.41, 5.74) is 4.55. The highest BCUT2D eigenvalue weighted by molar-refractivity contribution is 7.18. The number of aryl methyl sites for hydroxylation is 3. The molecule has 0 saturated carbocycles. The summed E-state index contributed by atoms with van der Waals surface area (Å²) in [6, 6.07) is 14.8. The predicted molar refractivity (Wildman–Crippen MR) is 129 cm³/mol. The number of benzene rings is 2. The molecule has 0 saturated heterocycles. The molecule has 0 bridgehead atoms. The SMILES string of the molecule is CCn1c2ccccc2c2cc(/C=N/n3cnc4sc5c(c4c3=O)CCCC5)ccc21. The number of aromatic nitrogens is 3. The molecule has 0 unspecified atom stereocenters. The van der Waals surface area contributed by atoms with Gasteiger partial charge in [-0.25, -0.2) is 4.98 Å². The number of hydrogen-bond acceptors (Lipinski definition) is 4. The van der Waals surface area contributed by atoms with Crippen LogP contribution in [0, 0.1) is 0 Å². The molecule has 0 atom stereocenters. The number of para-hydroxylation sites is 1. The van der Waals surface area contributed by atoms with Crippen LogP contribution in [0.15, 0.2) is 58.7 Å². The first kappa shape index (κ1) is 18.5. The Morgan fingerprint density at radius 3 is 2.84 bits per heavy atom. The Kier molecular flexibility index (Phi) is 4.28. The highest BCUT2D eigenvalue weighted by Gasteiger charge is 2.19. The molecule has 154 valence electrons. The molecule has 1 aliphatic rings. The van der Waals surface area contributed by atoms with Gasteiger partial charge in [0, 0.05) is 33.2 Å². The first-order chi connectivity index (χ1) is 15.2. The van der Waals surface area contributed by atoms with Crippen LogP contribution in [0.1, 0.15) is 35.8 Å². The second kappa shape index (κ2) is 7.17. The molecule has 5 nitrogen and oxygen atoms in total. The van der Waals surface area contributed by atoms with Crippen LogP contribution in [-0.2, 0) is 19.4 Å². The first-order valence-corrected chi connectivity index (χ1v) is 11.6. The van der Waals surface area contributed by atoms with Crippen molar-refractivity contribution in [2.45, 2.75) is 39.2 Å². The number of nitrogens with zero attached hydrogens (tertiary/aromatic N) is 4. The van der Waals surface area contributed by atoms with E-state index in [-0.39, 0.29) is 5.56 Å². The second-order valence-electron chi connectivity index (χ2n) is 8.07. The maximum Gasteiger partial charge on any atom is 0.282 e. The van der Waals surface area contributed by atoms with Gasteiger partial charge >= 0.3 is 0 Å². The summed E-state index contributed by atoms with van der Waals surface area (Å²) >= 11 is 1.67. The minimum atomic E-state index is -0.0655. The minimum Gasteiger partial charge on any atom is -0.341 e. The lowest BCUT2D eigenvalue weighted by Gasteiger charge is -2.09. The van der Waals surface area contributed by atoms with E-state index in [4.69, 9.17) is 0 Å². The Morgan fingerprint density at radius 2 is 1.94 bits per heavy atom. The Balaban J connectivity index is 1.44. The van der Waals surface area contributed by atoms with Crippen LogP contribution in [0.3, 0.4) is 0 Å². The van der Waals surface area contributed by atoms with E-state index in [2.05, 4.69) is 64.0 Å². The van der Waals surface area contributed by atoms with Crippen molar-refractivity contribution in [3.63, 3.8) is 0 Å². The smallest absolute Gasteiger partial charge is 0.282 e. The standard InChI is InChI=1S/C25H22N4OS/c1-2-28-20-9-5-3-7-17(20)19-13-16(11-12-21(19)28)14-27-29-15-26-24-23(25(29)30)18-8-4-6-10-22(18)31-24/h3,5,7,9,11-15H,2,4,6,8,10H2,1H3/b27-14+. The van der Waals surface area contributed by atoms with Crippen LogP contribution in [0.5, 0.6) is 0 Å². The predicted octanol–water partition coefficient (Wildman–Crippen LogP) is 5.35. The summed E-state index contributed by atoms with van der Waals surface area (Å²) in [7, 11) is 0. The lowest BCUT2D eigenvalue weighted by atomic mass is 9.97. The Labute approximate surface area is 183 Å². The fraction of sp³-hybridized carbons (Fsp3) is 0.240. The molecule has 3 heterocycles. The van der Waals surface area contributed by atoms with E-state index < -0.39 is 0 Å². The summed E-state index contributed by atoms with van der Waals surface area (Å²) in [6.45, 7) is 3.09. The molecule has 3 aromatic heterocycles. The van der Waals surface area contributed by atoms with Crippen molar-refractivity contribution in [3.05, 3.63) is 75.1 Å². The summed E-state index contributed by atoms with van der Waals surface area (Å²) < 4.78 is 3.71. The van der Waals surface area contributed by atoms with Crippen molar-refractivity contribution in [3.8, 4) is 0 Å². The largest absolute Gasteiger partial charge is 0.341 e. The molecule has 6 heteroatoms. The van der Waals surface area contributed by atoms with Gasteiger partial charge in [0.05, 0.1) is 11.6 Å². The summed E-state index contributed by atoms with van der Waals surface area (Å²) in [4.78, 5) is 19.8. The zero-order chi connectivity index (χ0) is 20.9. The van der Waals surface area contributed by atoms with Crippen LogP contribution in [0.2, 0.25) is 0 Å². The van der Waals surface area contributed by atoms with Crippen LogP contribution >= 0.6 is 11.3 Å². The maximum atomic E-state index is 13.1. The Bertz CT molecular complexity index is 1550. The fourth-order valence-electron chi connectivity index (χ4n) is 4.84. The molecule has 0 aliphatic heterocycles. The number of rotatable bonds is 3. The summed E-state index contributed by atoms with van der Waals surface area (Å²) in [5, 5.41) is 7.69. The van der Waals surface area contributed by atoms with E-state index in [0.717, 1.165) is 41.6 Å². The zero-order valence-electron chi connectivity index (χ0n) is 17.3. The van der Waals surface area contributed by atoms with Gasteiger partial charge in [0.25, 0.3) is 5.56 Å². The van der Waals surface area contributed by atoms with Gasteiger partial charge in [-0.15, -0.1) is 11.3 Å². The van der Waals surface area contributed by atoms with Crippen LogP contribution < -0.4 is 5.56 Å². The molecule has 31 heavy (non-hydrogen) atoms. The third kappa shape index (κ3) is 2.86. The summed E-state index contributed by atoms with van der Waals surface area (Å²) in [5.74, 6) is 0. The molecular formula is C25H22N4OS. The van der Waals surface area contributed by atoms with Crippen molar-refractivity contribution in [1.82, 2.24) is 14.2 Å². The lowest BCUT2D eigenvalue weighted by molar-refractivity contribution is 0.699. The van der Waals surface area contributed by atoms with Gasteiger partial charge < -0.3 is 4.57 Å². The Hall–Kier alpha value is -3.25. The second-order valence-corrected chi connectivity index (χ2v) is 9.15. The van der Waals surface area contributed by atoms with Crippen LogP contribution in [0.25, 0.3) is 32.0 Å². The van der Waals surface area contributed by atoms with Crippen LogP contribution in [0.4, 0.5) is 0 Å². The van der Waals surface area contributed by atoms with Crippen molar-refractivity contribution >= 4 is 49.6 Å². The van der Waals surface area contributed by atoms with Crippen molar-refractivity contribution in [2.75, 3.05) is 0 Å². The van der Waals surface area contributed by atoms with Crippen molar-refractivity contribution < 1.29 is 0 Å². The molecule has 6 rings (SSSR count). The van der Waals surface area contributed by atoms with Crippen LogP contribution in [-0.4, -0.2) is 20.4 Å². The van der Waals surface area contributed by atoms with E-state index in [1.807, 2.05) is 0 Å². The average Bonchev–Trinajstić information content (AvgIpc) is 3.34. The van der Waals surface area contributed by atoms with Crippen molar-refractivity contribution in [2.24, 2.45) is 5.10 Å². The molecule has 0 N–H and O–H groups in total. The molecule has 0 fully saturated rings. The summed E-state index contributed by atoms with van der Waals surface area (Å²) in [6.07, 6.45) is 7.67. The molecule has 5 aromatic rings. The van der Waals surface area contributed by atoms with E-state index in [0.29, 0.717) is 0 Å². The highest BCUT2D eigenvalue weighted by Crippen LogP contribution is 2.33. The first-order valence-electron chi connectivity index (χ1n) is 10.8. The maximum absolute atomic E-state index is 13.1. The average molecular weight is 427 g/mol. The molecule has 0 spiro atoms. The topological polar surface area (TPSA) is 52.2 Å². The Morgan fingerprint density at radius 1 is 1.10 bits per heavy atom. The van der Waals surface area contributed by atoms with E-state index in [9.17, 15) is 4.79 Å². The minimum absolute atomic E-state index is 0.0655. The quantitative estimate of drug-likeness (QED) is 0.365. The number of thiophene rings is 1. The zero-order valence-corrected chi connectivity index (χ0v) is 18.2. The number of fused-ring (bicyclic) bond motifs is 6. The van der Waals surface area contributed by atoms with Gasteiger partial charge in [0.2, 0.25) is 0 Å². The van der Waals surface area contributed by atoms with Gasteiger partial charge in [-0.2, -0.15) is 9.78 Å². The van der Waals surface area contributed by atoms with Gasteiger partial charge in [-0.05, 0) is 61.9 Å². The fourth-order valence-corrected chi connectivity index (χ4v) is 6.06. The molecule has 1 aliphatic carbocycles. The van der Waals surface area contributed by atoms with E-state index >= 15 is 0 Å². The van der Waals surface area contributed by atoms with Gasteiger partial charge in [0.15, 0.2) is 0 Å². The lowest BCUT2D eigenvalue weighted by Crippen LogP contribution is -2.18.